The summed E-state index contributed by atoms with van der Waals surface area (Å²) in [5.41, 5.74) is 7.30. The highest BCUT2D eigenvalue weighted by molar-refractivity contribution is 6.32. The lowest BCUT2D eigenvalue weighted by molar-refractivity contribution is 0.211. The number of ether oxygens (including phenoxy) is 1. The van der Waals surface area contributed by atoms with Gasteiger partial charge in [0.25, 0.3) is 0 Å². The van der Waals surface area contributed by atoms with E-state index in [0.717, 1.165) is 49.2 Å². The monoisotopic (exact) mass is 308 g/mol. The van der Waals surface area contributed by atoms with E-state index in [1.165, 1.54) is 31.4 Å². The first-order valence-corrected chi connectivity index (χ1v) is 8.47. The number of piperidine rings is 1. The van der Waals surface area contributed by atoms with E-state index in [1.807, 2.05) is 12.1 Å². The topological polar surface area (TPSA) is 38.5 Å². The van der Waals surface area contributed by atoms with Crippen LogP contribution in [0.4, 0.5) is 0 Å². The van der Waals surface area contributed by atoms with Crippen LogP contribution in [0.25, 0.3) is 0 Å². The van der Waals surface area contributed by atoms with Gasteiger partial charge in [0.2, 0.25) is 0 Å². The maximum absolute atomic E-state index is 6.32. The minimum Gasteiger partial charge on any atom is -0.492 e. The summed E-state index contributed by atoms with van der Waals surface area (Å²) < 4.78 is 5.77. The van der Waals surface area contributed by atoms with E-state index in [-0.39, 0.29) is 0 Å². The van der Waals surface area contributed by atoms with Gasteiger partial charge in [-0.05, 0) is 62.3 Å². The molecule has 0 radical (unpaired) electrons. The number of nitrogens with zero attached hydrogens (tertiary/aromatic N) is 1. The van der Waals surface area contributed by atoms with Crippen LogP contribution in [0.5, 0.6) is 5.75 Å². The van der Waals surface area contributed by atoms with Gasteiger partial charge < -0.3 is 15.4 Å². The largest absolute Gasteiger partial charge is 0.492 e. The minimum absolute atomic E-state index is 0.348. The number of nitrogens with two attached hydrogens (primary N) is 1. The van der Waals surface area contributed by atoms with E-state index in [0.29, 0.717) is 6.04 Å². The van der Waals surface area contributed by atoms with E-state index in [2.05, 4.69) is 11.0 Å². The van der Waals surface area contributed by atoms with Crippen molar-refractivity contribution in [3.8, 4) is 5.75 Å². The third kappa shape index (κ3) is 4.60. The molecule has 0 spiro atoms. The zero-order valence-corrected chi connectivity index (χ0v) is 13.3. The second-order valence-corrected chi connectivity index (χ2v) is 6.88. The van der Waals surface area contributed by atoms with Crippen LogP contribution < -0.4 is 10.5 Å². The Morgan fingerprint density at radius 1 is 1.29 bits per heavy atom. The van der Waals surface area contributed by atoms with Crippen molar-refractivity contribution in [2.75, 3.05) is 26.2 Å². The number of halogens is 1. The van der Waals surface area contributed by atoms with Crippen molar-refractivity contribution in [2.24, 2.45) is 11.7 Å². The van der Waals surface area contributed by atoms with E-state index in [9.17, 15) is 0 Å². The fraction of sp³-hybridized carbons (Fsp3) is 0.647. The summed E-state index contributed by atoms with van der Waals surface area (Å²) in [5.74, 6) is 1.58. The summed E-state index contributed by atoms with van der Waals surface area (Å²) in [6.07, 6.45) is 6.00. The Labute approximate surface area is 132 Å². The van der Waals surface area contributed by atoms with Gasteiger partial charge in [0.15, 0.2) is 0 Å². The molecule has 2 fully saturated rings. The van der Waals surface area contributed by atoms with Gasteiger partial charge in [-0.1, -0.05) is 17.7 Å². The van der Waals surface area contributed by atoms with Crippen LogP contribution in [0.15, 0.2) is 18.2 Å². The van der Waals surface area contributed by atoms with Crippen molar-refractivity contribution in [1.29, 1.82) is 0 Å². The van der Waals surface area contributed by atoms with E-state index < -0.39 is 0 Å². The highest BCUT2D eigenvalue weighted by Crippen LogP contribution is 2.32. The Morgan fingerprint density at radius 2 is 2.14 bits per heavy atom. The third-order valence-corrected chi connectivity index (χ3v) is 4.72. The lowest BCUT2D eigenvalue weighted by Crippen LogP contribution is -2.43. The number of likely N-dealkylation sites (tertiary alicyclic amines) is 1. The summed E-state index contributed by atoms with van der Waals surface area (Å²) in [7, 11) is 0. The standard InChI is InChI=1S/C17H25ClN2O/c18-16-10-13(5-6-17(16)21-12-14-3-4-14)7-9-20-8-1-2-15(19)11-20/h5-6,10,14-15H,1-4,7-9,11-12,19H2/t15-/m1/s1. The van der Waals surface area contributed by atoms with E-state index >= 15 is 0 Å². The van der Waals surface area contributed by atoms with Crippen molar-refractivity contribution >= 4 is 11.6 Å². The predicted molar refractivity (Wildman–Crippen MR) is 87.0 cm³/mol. The summed E-state index contributed by atoms with van der Waals surface area (Å²) >= 11 is 6.32. The minimum atomic E-state index is 0.348. The van der Waals surface area contributed by atoms with Crippen molar-refractivity contribution < 1.29 is 4.74 Å². The molecular weight excluding hydrogens is 284 g/mol. The summed E-state index contributed by atoms with van der Waals surface area (Å²) in [5, 5.41) is 0.739. The van der Waals surface area contributed by atoms with Gasteiger partial charge in [-0.25, -0.2) is 0 Å². The molecule has 1 aliphatic carbocycles. The molecule has 1 aliphatic heterocycles. The number of hydrogen-bond donors (Lipinski definition) is 1. The predicted octanol–water partition coefficient (Wildman–Crippen LogP) is 3.09. The summed E-state index contributed by atoms with van der Waals surface area (Å²) in [6, 6.07) is 6.55. The zero-order valence-electron chi connectivity index (χ0n) is 12.6. The second kappa shape index (κ2) is 6.99. The number of hydrogen-bond acceptors (Lipinski definition) is 3. The van der Waals surface area contributed by atoms with Crippen molar-refractivity contribution in [1.82, 2.24) is 4.90 Å². The fourth-order valence-corrected chi connectivity index (χ4v) is 3.15. The van der Waals surface area contributed by atoms with Gasteiger partial charge in [0, 0.05) is 19.1 Å². The Balaban J connectivity index is 1.49. The number of rotatable bonds is 6. The Kier molecular flexibility index (Phi) is 5.04. The number of benzene rings is 1. The lowest BCUT2D eigenvalue weighted by Gasteiger charge is -2.30. The summed E-state index contributed by atoms with van der Waals surface area (Å²) in [6.45, 7) is 4.07. The van der Waals surface area contributed by atoms with E-state index in [4.69, 9.17) is 22.1 Å². The maximum Gasteiger partial charge on any atom is 0.137 e. The molecule has 1 saturated heterocycles. The van der Waals surface area contributed by atoms with Crippen LogP contribution in [0, 0.1) is 5.92 Å². The first-order chi connectivity index (χ1) is 10.2. The van der Waals surface area contributed by atoms with Crippen molar-refractivity contribution in [3.63, 3.8) is 0 Å². The van der Waals surface area contributed by atoms with Crippen molar-refractivity contribution in [3.05, 3.63) is 28.8 Å². The van der Waals surface area contributed by atoms with Gasteiger partial charge in [0.05, 0.1) is 11.6 Å². The fourth-order valence-electron chi connectivity index (χ4n) is 2.89. The third-order valence-electron chi connectivity index (χ3n) is 4.43. The second-order valence-electron chi connectivity index (χ2n) is 6.47. The van der Waals surface area contributed by atoms with Gasteiger partial charge in [0.1, 0.15) is 5.75 Å². The molecule has 1 aromatic carbocycles. The molecule has 1 saturated carbocycles. The molecule has 1 heterocycles. The Hall–Kier alpha value is -0.770. The molecule has 21 heavy (non-hydrogen) atoms. The van der Waals surface area contributed by atoms with Crippen LogP contribution >= 0.6 is 11.6 Å². The quantitative estimate of drug-likeness (QED) is 0.877. The molecule has 0 amide bonds. The zero-order chi connectivity index (χ0) is 14.7. The van der Waals surface area contributed by atoms with Crippen LogP contribution in [0.1, 0.15) is 31.2 Å². The highest BCUT2D eigenvalue weighted by atomic mass is 35.5. The van der Waals surface area contributed by atoms with Crippen LogP contribution in [-0.4, -0.2) is 37.2 Å². The maximum atomic E-state index is 6.32. The Bertz CT molecular complexity index is 476. The SMILES string of the molecule is N[C@@H]1CCCN(CCc2ccc(OCC3CC3)c(Cl)c2)C1. The van der Waals surface area contributed by atoms with Gasteiger partial charge in [-0.15, -0.1) is 0 Å². The van der Waals surface area contributed by atoms with Gasteiger partial charge in [-0.2, -0.15) is 0 Å². The smallest absolute Gasteiger partial charge is 0.137 e. The van der Waals surface area contributed by atoms with Gasteiger partial charge in [-0.3, -0.25) is 0 Å². The summed E-state index contributed by atoms with van der Waals surface area (Å²) in [4.78, 5) is 2.46. The molecule has 1 aromatic rings. The average molecular weight is 309 g/mol. The highest BCUT2D eigenvalue weighted by Gasteiger charge is 2.22. The molecule has 4 heteroatoms. The first-order valence-electron chi connectivity index (χ1n) is 8.10. The molecule has 3 rings (SSSR count). The van der Waals surface area contributed by atoms with Crippen LogP contribution in [0.3, 0.4) is 0 Å². The van der Waals surface area contributed by atoms with Crippen LogP contribution in [-0.2, 0) is 6.42 Å². The lowest BCUT2D eigenvalue weighted by atomic mass is 10.1. The Morgan fingerprint density at radius 3 is 2.86 bits per heavy atom. The molecular formula is C17H25ClN2O. The normalized spacial score (nSPS) is 23.2. The van der Waals surface area contributed by atoms with Gasteiger partial charge >= 0.3 is 0 Å². The van der Waals surface area contributed by atoms with Crippen LogP contribution in [0.2, 0.25) is 5.02 Å². The molecule has 0 aromatic heterocycles. The molecule has 2 N–H and O–H groups in total. The molecule has 3 nitrogen and oxygen atoms in total. The van der Waals surface area contributed by atoms with E-state index in [1.54, 1.807) is 0 Å². The molecule has 0 bridgehead atoms. The molecule has 1 atom stereocenters. The first kappa shape index (κ1) is 15.1. The average Bonchev–Trinajstić information content (AvgIpc) is 3.28. The van der Waals surface area contributed by atoms with Crippen molar-refractivity contribution in [2.45, 2.75) is 38.1 Å². The molecule has 2 aliphatic rings. The molecule has 0 unspecified atom stereocenters. The molecule has 116 valence electrons.